The highest BCUT2D eigenvalue weighted by atomic mass is 15.2. The first-order valence-electron chi connectivity index (χ1n) is 5.71. The van der Waals surface area contributed by atoms with E-state index < -0.39 is 0 Å². The zero-order valence-electron chi connectivity index (χ0n) is 9.05. The van der Waals surface area contributed by atoms with Crippen molar-refractivity contribution in [3.05, 3.63) is 0 Å². The van der Waals surface area contributed by atoms with E-state index in [9.17, 15) is 0 Å². The molecule has 14 heavy (non-hydrogen) atoms. The first kappa shape index (κ1) is 10.0. The summed E-state index contributed by atoms with van der Waals surface area (Å²) < 4.78 is 0. The van der Waals surface area contributed by atoms with Crippen LogP contribution in [0.25, 0.3) is 0 Å². The summed E-state index contributed by atoms with van der Waals surface area (Å²) in [5.74, 6) is 2.84. The van der Waals surface area contributed by atoms with E-state index in [0.29, 0.717) is 11.6 Å². The Labute approximate surface area is 87.1 Å². The molecule has 1 heterocycles. The van der Waals surface area contributed by atoms with Gasteiger partial charge in [-0.2, -0.15) is 0 Å². The molecule has 0 aromatic carbocycles. The van der Waals surface area contributed by atoms with Gasteiger partial charge in [0, 0.05) is 25.2 Å². The van der Waals surface area contributed by atoms with Gasteiger partial charge in [0.25, 0.3) is 0 Å². The second kappa shape index (κ2) is 3.92. The zero-order chi connectivity index (χ0) is 10.0. The van der Waals surface area contributed by atoms with Gasteiger partial charge in [-0.05, 0) is 19.8 Å². The van der Waals surface area contributed by atoms with E-state index in [4.69, 9.17) is 6.42 Å². The number of nitrogens with one attached hydrogen (secondary N) is 1. The minimum absolute atomic E-state index is 0.301. The van der Waals surface area contributed by atoms with Crippen LogP contribution in [0.3, 0.4) is 0 Å². The second-order valence-electron chi connectivity index (χ2n) is 4.73. The van der Waals surface area contributed by atoms with Crippen molar-refractivity contribution >= 4 is 0 Å². The monoisotopic (exact) mass is 192 g/mol. The van der Waals surface area contributed by atoms with Crippen LogP contribution in [0, 0.1) is 12.3 Å². The van der Waals surface area contributed by atoms with Gasteiger partial charge in [0.05, 0.1) is 6.04 Å². The van der Waals surface area contributed by atoms with Crippen LogP contribution in [0.5, 0.6) is 0 Å². The van der Waals surface area contributed by atoms with Gasteiger partial charge in [-0.15, -0.1) is 6.42 Å². The topological polar surface area (TPSA) is 15.3 Å². The van der Waals surface area contributed by atoms with E-state index in [2.05, 4.69) is 23.1 Å². The summed E-state index contributed by atoms with van der Waals surface area (Å²) in [4.78, 5) is 2.45. The summed E-state index contributed by atoms with van der Waals surface area (Å²) >= 11 is 0. The van der Waals surface area contributed by atoms with Crippen LogP contribution in [0.4, 0.5) is 0 Å². The molecule has 0 aromatic heterocycles. The predicted molar refractivity (Wildman–Crippen MR) is 59.1 cm³/mol. The zero-order valence-corrected chi connectivity index (χ0v) is 9.05. The minimum atomic E-state index is 0.301. The summed E-state index contributed by atoms with van der Waals surface area (Å²) in [5, 5.41) is 3.69. The maximum atomic E-state index is 5.48. The van der Waals surface area contributed by atoms with Gasteiger partial charge in [-0.1, -0.05) is 18.8 Å². The fourth-order valence-electron chi connectivity index (χ4n) is 2.81. The number of terminal acetylenes is 1. The average Bonchev–Trinajstić information content (AvgIpc) is 2.65. The molecule has 1 aliphatic heterocycles. The van der Waals surface area contributed by atoms with Crippen molar-refractivity contribution < 1.29 is 0 Å². The highest BCUT2D eigenvalue weighted by Crippen LogP contribution is 2.32. The van der Waals surface area contributed by atoms with Crippen molar-refractivity contribution in [2.45, 2.75) is 44.2 Å². The Kier molecular flexibility index (Phi) is 2.80. The Morgan fingerprint density at radius 2 is 2.14 bits per heavy atom. The number of piperazine rings is 1. The lowest BCUT2D eigenvalue weighted by Gasteiger charge is -2.43. The van der Waals surface area contributed by atoms with Crippen LogP contribution in [0.1, 0.15) is 32.6 Å². The van der Waals surface area contributed by atoms with Gasteiger partial charge < -0.3 is 5.32 Å². The lowest BCUT2D eigenvalue weighted by Crippen LogP contribution is -2.60. The largest absolute Gasteiger partial charge is 0.309 e. The minimum Gasteiger partial charge on any atom is -0.309 e. The number of rotatable bonds is 1. The molecule has 1 saturated carbocycles. The second-order valence-corrected chi connectivity index (χ2v) is 4.73. The number of hydrogen-bond donors (Lipinski definition) is 1. The molecule has 2 heteroatoms. The molecule has 2 fully saturated rings. The summed E-state index contributed by atoms with van der Waals surface area (Å²) in [7, 11) is 0. The smallest absolute Gasteiger partial charge is 0.0684 e. The molecular formula is C12H20N2. The van der Waals surface area contributed by atoms with E-state index in [-0.39, 0.29) is 0 Å². The Balaban J connectivity index is 2.00. The quantitative estimate of drug-likeness (QED) is 0.629. The summed E-state index contributed by atoms with van der Waals surface area (Å²) in [6, 6.07) is 0.301. The number of nitrogens with zero attached hydrogens (tertiary/aromatic N) is 1. The lowest BCUT2D eigenvalue weighted by molar-refractivity contribution is 0.120. The fourth-order valence-corrected chi connectivity index (χ4v) is 2.81. The molecule has 2 aliphatic rings. The Morgan fingerprint density at radius 3 is 2.79 bits per heavy atom. The van der Waals surface area contributed by atoms with Gasteiger partial charge in [-0.3, -0.25) is 4.90 Å². The van der Waals surface area contributed by atoms with Gasteiger partial charge in [-0.25, -0.2) is 0 Å². The van der Waals surface area contributed by atoms with Gasteiger partial charge in [0.15, 0.2) is 0 Å². The van der Waals surface area contributed by atoms with Crippen molar-refractivity contribution in [3.8, 4) is 12.3 Å². The molecular weight excluding hydrogens is 172 g/mol. The predicted octanol–water partition coefficient (Wildman–Crippen LogP) is 1.23. The van der Waals surface area contributed by atoms with Crippen LogP contribution in [0.15, 0.2) is 0 Å². The van der Waals surface area contributed by atoms with E-state index in [1.807, 2.05) is 0 Å². The molecule has 1 unspecified atom stereocenters. The molecule has 1 aliphatic carbocycles. The Hall–Kier alpha value is -0.520. The molecule has 0 aromatic rings. The van der Waals surface area contributed by atoms with Crippen LogP contribution in [-0.4, -0.2) is 36.1 Å². The SMILES string of the molecule is C#CC(C)N1CCNC2(CCCC2)C1. The van der Waals surface area contributed by atoms with Gasteiger partial charge in [0.1, 0.15) is 0 Å². The van der Waals surface area contributed by atoms with E-state index in [1.165, 1.54) is 25.7 Å². The van der Waals surface area contributed by atoms with E-state index in [0.717, 1.165) is 19.6 Å². The van der Waals surface area contributed by atoms with Gasteiger partial charge in [0.2, 0.25) is 0 Å². The van der Waals surface area contributed by atoms with Gasteiger partial charge >= 0.3 is 0 Å². The van der Waals surface area contributed by atoms with Crippen LogP contribution >= 0.6 is 0 Å². The highest BCUT2D eigenvalue weighted by Gasteiger charge is 2.38. The highest BCUT2D eigenvalue weighted by molar-refractivity contribution is 5.04. The summed E-state index contributed by atoms with van der Waals surface area (Å²) in [6.07, 6.45) is 10.9. The maximum absolute atomic E-state index is 5.48. The first-order valence-corrected chi connectivity index (χ1v) is 5.71. The third-order valence-electron chi connectivity index (χ3n) is 3.75. The van der Waals surface area contributed by atoms with Crippen LogP contribution < -0.4 is 5.32 Å². The number of hydrogen-bond acceptors (Lipinski definition) is 2. The molecule has 2 nitrogen and oxygen atoms in total. The van der Waals surface area contributed by atoms with Crippen molar-refractivity contribution in [2.75, 3.05) is 19.6 Å². The summed E-state index contributed by atoms with van der Waals surface area (Å²) in [6.45, 7) is 5.49. The molecule has 2 rings (SSSR count). The third kappa shape index (κ3) is 1.80. The van der Waals surface area contributed by atoms with Crippen molar-refractivity contribution in [2.24, 2.45) is 0 Å². The molecule has 0 bridgehead atoms. The van der Waals surface area contributed by atoms with Crippen LogP contribution in [-0.2, 0) is 0 Å². The van der Waals surface area contributed by atoms with E-state index >= 15 is 0 Å². The Morgan fingerprint density at radius 1 is 1.43 bits per heavy atom. The maximum Gasteiger partial charge on any atom is 0.0684 e. The molecule has 1 spiro atoms. The van der Waals surface area contributed by atoms with E-state index in [1.54, 1.807) is 0 Å². The summed E-state index contributed by atoms with van der Waals surface area (Å²) in [5.41, 5.74) is 0.406. The Bertz CT molecular complexity index is 235. The van der Waals surface area contributed by atoms with Crippen molar-refractivity contribution in [1.29, 1.82) is 0 Å². The van der Waals surface area contributed by atoms with Crippen molar-refractivity contribution in [1.82, 2.24) is 10.2 Å². The lowest BCUT2D eigenvalue weighted by atomic mass is 9.94. The molecule has 0 amide bonds. The molecule has 1 atom stereocenters. The molecule has 78 valence electrons. The van der Waals surface area contributed by atoms with Crippen LogP contribution in [0.2, 0.25) is 0 Å². The molecule has 1 N–H and O–H groups in total. The average molecular weight is 192 g/mol. The van der Waals surface area contributed by atoms with Crippen molar-refractivity contribution in [3.63, 3.8) is 0 Å². The third-order valence-corrected chi connectivity index (χ3v) is 3.75. The molecule has 1 saturated heterocycles. The normalized spacial score (nSPS) is 28.9. The molecule has 0 radical (unpaired) electrons. The standard InChI is InChI=1S/C12H20N2/c1-3-11(2)14-9-8-13-12(10-14)6-4-5-7-12/h1,11,13H,4-10H2,2H3. The first-order chi connectivity index (χ1) is 6.76. The fraction of sp³-hybridized carbons (Fsp3) is 0.833.